The smallest absolute Gasteiger partial charge is 0.417 e. The van der Waals surface area contributed by atoms with Crippen LogP contribution in [0.1, 0.15) is 15.9 Å². The highest BCUT2D eigenvalue weighted by Crippen LogP contribution is 2.29. The number of alkyl halides is 3. The van der Waals surface area contributed by atoms with Crippen LogP contribution < -0.4 is 0 Å². The molecule has 0 atom stereocenters. The van der Waals surface area contributed by atoms with Gasteiger partial charge in [-0.25, -0.2) is 9.78 Å². The summed E-state index contributed by atoms with van der Waals surface area (Å²) in [6, 6.07) is 8.44. The first kappa shape index (κ1) is 14.1. The maximum atomic E-state index is 12.5. The number of hydrogen-bond donors (Lipinski definition) is 1. The number of benzene rings is 1. The molecule has 0 aliphatic heterocycles. The van der Waals surface area contributed by atoms with Crippen LogP contribution in [0.15, 0.2) is 48.8 Å². The van der Waals surface area contributed by atoms with Gasteiger partial charge in [-0.1, -0.05) is 0 Å². The predicted molar refractivity (Wildman–Crippen MR) is 73.0 cm³/mol. The molecule has 0 fully saturated rings. The quantitative estimate of drug-likeness (QED) is 0.784. The number of carboxylic acids is 1. The molecule has 0 saturated heterocycles. The molecule has 0 radical (unpaired) electrons. The number of pyridine rings is 1. The maximum absolute atomic E-state index is 12.5. The average Bonchev–Trinajstić information content (AvgIpc) is 2.89. The Bertz CT molecular complexity index is 851. The molecule has 0 unspecified atom stereocenters. The van der Waals surface area contributed by atoms with Gasteiger partial charge >= 0.3 is 12.1 Å². The van der Waals surface area contributed by atoms with Crippen molar-refractivity contribution < 1.29 is 23.1 Å². The Morgan fingerprint density at radius 3 is 2.50 bits per heavy atom. The van der Waals surface area contributed by atoms with Crippen LogP contribution in [-0.2, 0) is 6.18 Å². The van der Waals surface area contributed by atoms with E-state index < -0.39 is 17.7 Å². The fourth-order valence-electron chi connectivity index (χ4n) is 2.17. The van der Waals surface area contributed by atoms with Crippen LogP contribution in [0.25, 0.3) is 16.7 Å². The standard InChI is InChI=1S/C15H9F3N2O2/c16-15(17,18)11-2-4-13(19-8-11)20-6-5-9-7-10(14(21)22)1-3-12(9)20/h1-8H,(H,21,22). The molecule has 4 nitrogen and oxygen atoms in total. The van der Waals surface area contributed by atoms with Gasteiger partial charge in [0.25, 0.3) is 0 Å². The average molecular weight is 306 g/mol. The molecule has 1 aromatic carbocycles. The maximum Gasteiger partial charge on any atom is 0.417 e. The Morgan fingerprint density at radius 1 is 1.14 bits per heavy atom. The second-order valence-corrected chi connectivity index (χ2v) is 4.67. The minimum absolute atomic E-state index is 0.144. The van der Waals surface area contributed by atoms with E-state index in [1.54, 1.807) is 22.9 Å². The Labute approximate surface area is 122 Å². The van der Waals surface area contributed by atoms with Gasteiger partial charge in [0.2, 0.25) is 0 Å². The zero-order chi connectivity index (χ0) is 15.9. The monoisotopic (exact) mass is 306 g/mol. The van der Waals surface area contributed by atoms with Crippen LogP contribution in [0.3, 0.4) is 0 Å². The lowest BCUT2D eigenvalue weighted by Gasteiger charge is -2.08. The summed E-state index contributed by atoms with van der Waals surface area (Å²) in [6.07, 6.45) is -2.03. The highest BCUT2D eigenvalue weighted by Gasteiger charge is 2.30. The van der Waals surface area contributed by atoms with Gasteiger partial charge in [0, 0.05) is 17.8 Å². The third-order valence-corrected chi connectivity index (χ3v) is 3.26. The summed E-state index contributed by atoms with van der Waals surface area (Å²) in [6.45, 7) is 0. The molecule has 0 aliphatic carbocycles. The summed E-state index contributed by atoms with van der Waals surface area (Å²) >= 11 is 0. The fraction of sp³-hybridized carbons (Fsp3) is 0.0667. The molecule has 2 aromatic heterocycles. The van der Waals surface area contributed by atoms with E-state index in [4.69, 9.17) is 5.11 Å². The Balaban J connectivity index is 2.05. The molecule has 2 heterocycles. The molecule has 22 heavy (non-hydrogen) atoms. The SMILES string of the molecule is O=C(O)c1ccc2c(ccn2-c2ccc(C(F)(F)F)cn2)c1. The van der Waals surface area contributed by atoms with Crippen molar-refractivity contribution in [1.82, 2.24) is 9.55 Å². The first-order valence-corrected chi connectivity index (χ1v) is 6.24. The summed E-state index contributed by atoms with van der Waals surface area (Å²) in [5, 5.41) is 9.62. The van der Waals surface area contributed by atoms with E-state index in [1.165, 1.54) is 18.2 Å². The lowest BCUT2D eigenvalue weighted by molar-refractivity contribution is -0.137. The normalized spacial score (nSPS) is 11.8. The van der Waals surface area contributed by atoms with Crippen molar-refractivity contribution >= 4 is 16.9 Å². The summed E-state index contributed by atoms with van der Waals surface area (Å²) in [5.74, 6) is -0.714. The molecule has 3 aromatic rings. The van der Waals surface area contributed by atoms with Gasteiger partial charge in [0.1, 0.15) is 5.82 Å². The molecule has 7 heteroatoms. The van der Waals surface area contributed by atoms with Crippen LogP contribution in [0.2, 0.25) is 0 Å². The number of aromatic nitrogens is 2. The first-order chi connectivity index (χ1) is 10.4. The second kappa shape index (κ2) is 4.87. The molecule has 0 saturated carbocycles. The minimum Gasteiger partial charge on any atom is -0.478 e. The molecule has 112 valence electrons. The predicted octanol–water partition coefficient (Wildman–Crippen LogP) is 3.74. The highest BCUT2D eigenvalue weighted by molar-refractivity contribution is 5.94. The van der Waals surface area contributed by atoms with Crippen molar-refractivity contribution in [3.8, 4) is 5.82 Å². The van der Waals surface area contributed by atoms with Gasteiger partial charge in [0.05, 0.1) is 16.6 Å². The highest BCUT2D eigenvalue weighted by atomic mass is 19.4. The van der Waals surface area contributed by atoms with Crippen LogP contribution in [0.4, 0.5) is 13.2 Å². The van der Waals surface area contributed by atoms with Crippen LogP contribution in [-0.4, -0.2) is 20.6 Å². The van der Waals surface area contributed by atoms with E-state index >= 15 is 0 Å². The number of aromatic carboxylic acids is 1. The van der Waals surface area contributed by atoms with Gasteiger partial charge in [-0.15, -0.1) is 0 Å². The molecule has 3 rings (SSSR count). The van der Waals surface area contributed by atoms with Crippen molar-refractivity contribution in [2.24, 2.45) is 0 Å². The topological polar surface area (TPSA) is 55.1 Å². The summed E-state index contributed by atoms with van der Waals surface area (Å²) < 4.78 is 39.2. The van der Waals surface area contributed by atoms with Crippen molar-refractivity contribution in [2.45, 2.75) is 6.18 Å². The summed E-state index contributed by atoms with van der Waals surface area (Å²) in [7, 11) is 0. The zero-order valence-electron chi connectivity index (χ0n) is 11.0. The third kappa shape index (κ3) is 2.41. The van der Waals surface area contributed by atoms with E-state index in [-0.39, 0.29) is 5.56 Å². The number of carboxylic acid groups (broad SMARTS) is 1. The van der Waals surface area contributed by atoms with E-state index in [0.29, 0.717) is 16.7 Å². The van der Waals surface area contributed by atoms with Crippen molar-refractivity contribution in [3.05, 3.63) is 59.9 Å². The number of fused-ring (bicyclic) bond motifs is 1. The second-order valence-electron chi connectivity index (χ2n) is 4.67. The van der Waals surface area contributed by atoms with Crippen molar-refractivity contribution in [3.63, 3.8) is 0 Å². The lowest BCUT2D eigenvalue weighted by Crippen LogP contribution is -2.06. The number of carbonyl (C=O) groups is 1. The van der Waals surface area contributed by atoms with Crippen LogP contribution >= 0.6 is 0 Å². The van der Waals surface area contributed by atoms with Gasteiger partial charge in [-0.05, 0) is 36.4 Å². The summed E-state index contributed by atoms with van der Waals surface area (Å²) in [5.41, 5.74) is -0.0104. The van der Waals surface area contributed by atoms with E-state index in [2.05, 4.69) is 4.98 Å². The van der Waals surface area contributed by atoms with E-state index in [0.717, 1.165) is 12.3 Å². The Morgan fingerprint density at radius 2 is 1.91 bits per heavy atom. The van der Waals surface area contributed by atoms with Gasteiger partial charge < -0.3 is 9.67 Å². The molecular weight excluding hydrogens is 297 g/mol. The van der Waals surface area contributed by atoms with Crippen molar-refractivity contribution in [1.29, 1.82) is 0 Å². The van der Waals surface area contributed by atoms with Gasteiger partial charge in [-0.2, -0.15) is 13.2 Å². The van der Waals surface area contributed by atoms with E-state index in [1.807, 2.05) is 0 Å². The Hall–Kier alpha value is -2.83. The fourth-order valence-corrected chi connectivity index (χ4v) is 2.17. The van der Waals surface area contributed by atoms with Crippen LogP contribution in [0.5, 0.6) is 0 Å². The molecule has 0 aliphatic rings. The number of hydrogen-bond acceptors (Lipinski definition) is 2. The van der Waals surface area contributed by atoms with Gasteiger partial charge in [0.15, 0.2) is 0 Å². The zero-order valence-corrected chi connectivity index (χ0v) is 11.0. The largest absolute Gasteiger partial charge is 0.478 e. The number of nitrogens with zero attached hydrogens (tertiary/aromatic N) is 2. The third-order valence-electron chi connectivity index (χ3n) is 3.26. The molecule has 0 amide bonds. The lowest BCUT2D eigenvalue weighted by atomic mass is 10.1. The van der Waals surface area contributed by atoms with Gasteiger partial charge in [-0.3, -0.25) is 0 Å². The van der Waals surface area contributed by atoms with E-state index in [9.17, 15) is 18.0 Å². The molecular formula is C15H9F3N2O2. The molecule has 1 N–H and O–H groups in total. The Kier molecular flexibility index (Phi) is 3.13. The molecule has 0 bridgehead atoms. The first-order valence-electron chi connectivity index (χ1n) is 6.24. The van der Waals surface area contributed by atoms with Crippen molar-refractivity contribution in [2.75, 3.05) is 0 Å². The summed E-state index contributed by atoms with van der Waals surface area (Å²) in [4.78, 5) is 14.7. The number of halogens is 3. The number of rotatable bonds is 2. The molecule has 0 spiro atoms. The van der Waals surface area contributed by atoms with Crippen LogP contribution in [0, 0.1) is 0 Å². The minimum atomic E-state index is -4.43.